The predicted molar refractivity (Wildman–Crippen MR) is 504 cm³/mol. The maximum Gasteiger partial charge on any atom is 0.338 e. The molecule has 0 aliphatic heterocycles. The third kappa shape index (κ3) is 9.14. The van der Waals surface area contributed by atoms with Gasteiger partial charge in [0.2, 0.25) is 0 Å². The first-order chi connectivity index (χ1) is 58.3. The zero-order valence-electron chi connectivity index (χ0n) is 70.6. The number of halogens is 2. The Kier molecular flexibility index (Phi) is 15.8. The number of para-hydroxylation sites is 4. The molecule has 0 amide bonds. The molecular formula is C105H83Cl2N5O10. The molecule has 122 heavy (non-hydrogen) atoms. The average molecular weight is 1650 g/mol. The van der Waals surface area contributed by atoms with E-state index < -0.39 is 50.4 Å². The highest BCUT2D eigenvalue weighted by Crippen LogP contribution is 2.63. The summed E-state index contributed by atoms with van der Waals surface area (Å²) in [5.41, 5.74) is 4.35. The molecule has 0 bridgehead atoms. The van der Waals surface area contributed by atoms with Gasteiger partial charge < -0.3 is 9.30 Å². The van der Waals surface area contributed by atoms with Crippen molar-refractivity contribution in [2.75, 3.05) is 6.61 Å². The fraction of sp³-hybridized carbons (Fsp3) is 0.248. The van der Waals surface area contributed by atoms with E-state index in [0.29, 0.717) is 147 Å². The van der Waals surface area contributed by atoms with Crippen LogP contribution in [0.3, 0.4) is 0 Å². The lowest BCUT2D eigenvalue weighted by Gasteiger charge is -2.30. The van der Waals surface area contributed by atoms with Crippen LogP contribution in [0.5, 0.6) is 0 Å². The van der Waals surface area contributed by atoms with Crippen LogP contribution in [0.15, 0.2) is 172 Å². The fourth-order valence-electron chi connectivity index (χ4n) is 22.4. The van der Waals surface area contributed by atoms with Gasteiger partial charge in [0, 0.05) is 123 Å². The number of aromatic nitrogens is 5. The lowest BCUT2D eigenvalue weighted by molar-refractivity contribution is 0.0526. The Balaban J connectivity index is 1.13. The fourth-order valence-corrected chi connectivity index (χ4v) is 23.0. The number of carbonyl (C=O) groups is 1. The first-order valence-corrected chi connectivity index (χ1v) is 43.3. The molecule has 17 heteroatoms. The maximum atomic E-state index is 18.2. The van der Waals surface area contributed by atoms with Gasteiger partial charge in [0.1, 0.15) is 0 Å². The Morgan fingerprint density at radius 2 is 0.500 bits per heavy atom. The summed E-state index contributed by atoms with van der Waals surface area (Å²) in [5.74, 6) is -2.24. The summed E-state index contributed by atoms with van der Waals surface area (Å²) < 4.78 is 12.9. The molecular weight excluding hydrogens is 1560 g/mol. The summed E-state index contributed by atoms with van der Waals surface area (Å²) in [4.78, 5) is 153. The van der Waals surface area contributed by atoms with Gasteiger partial charge in [-0.3, -0.25) is 38.4 Å². The van der Waals surface area contributed by atoms with Crippen LogP contribution in [0.2, 0.25) is 10.0 Å². The van der Waals surface area contributed by atoms with Crippen LogP contribution in [0.4, 0.5) is 0 Å². The van der Waals surface area contributed by atoms with Crippen molar-refractivity contribution < 1.29 is 9.53 Å². The second-order valence-electron chi connectivity index (χ2n) is 36.7. The molecule has 22 aromatic rings. The monoisotopic (exact) mass is 1640 g/mol. The summed E-state index contributed by atoms with van der Waals surface area (Å²) in [7, 11) is 0. The molecule has 5 aromatic heterocycles. The van der Waals surface area contributed by atoms with Crippen molar-refractivity contribution in [2.45, 2.75) is 165 Å². The summed E-state index contributed by atoms with van der Waals surface area (Å²) >= 11 is 16.4. The van der Waals surface area contributed by atoms with Crippen LogP contribution in [0, 0.1) is 0 Å². The Morgan fingerprint density at radius 1 is 0.262 bits per heavy atom. The van der Waals surface area contributed by atoms with Crippen LogP contribution >= 0.6 is 23.2 Å². The summed E-state index contributed by atoms with van der Waals surface area (Å²) in [6.07, 6.45) is 0. The highest BCUT2D eigenvalue weighted by atomic mass is 35.5. The van der Waals surface area contributed by atoms with Crippen LogP contribution in [-0.2, 0) is 4.74 Å². The molecule has 0 aliphatic carbocycles. The van der Waals surface area contributed by atoms with Gasteiger partial charge in [-0.15, -0.1) is 0 Å². The number of benzene rings is 17. The molecule has 602 valence electrons. The van der Waals surface area contributed by atoms with Crippen molar-refractivity contribution >= 4 is 202 Å². The first-order valence-electron chi connectivity index (χ1n) is 42.6. The molecule has 17 aromatic carbocycles. The first kappa shape index (κ1) is 75.5. The van der Waals surface area contributed by atoms with E-state index in [2.05, 4.69) is 0 Å². The highest BCUT2D eigenvalue weighted by Gasteiger charge is 2.41. The number of hydrogen-bond donors (Lipinski definition) is 0. The molecule has 0 unspecified atom stereocenters. The molecule has 0 atom stereocenters. The molecule has 0 spiro atoms. The third-order valence-electron chi connectivity index (χ3n) is 27.4. The van der Waals surface area contributed by atoms with E-state index in [1.54, 1.807) is 31.2 Å². The average Bonchev–Trinajstić information content (AvgIpc) is 1.01. The Hall–Kier alpha value is -12.7. The largest absolute Gasteiger partial charge is 0.462 e. The molecule has 15 nitrogen and oxygen atoms in total. The molecule has 0 aliphatic rings. The molecule has 0 saturated heterocycles. The predicted octanol–water partition coefficient (Wildman–Crippen LogP) is 23.8. The van der Waals surface area contributed by atoms with Crippen LogP contribution < -0.4 is 44.5 Å². The number of carbonyl (C=O) groups excluding carboxylic acids is 1. The topological polar surface area (TPSA) is 188 Å². The van der Waals surface area contributed by atoms with E-state index in [9.17, 15) is 4.79 Å². The van der Waals surface area contributed by atoms with Crippen LogP contribution in [0.25, 0.3) is 201 Å². The van der Waals surface area contributed by atoms with Gasteiger partial charge in [-0.25, -0.2) is 23.1 Å². The van der Waals surface area contributed by atoms with E-state index in [4.69, 9.17) is 27.9 Å². The standard InChI is InChI=1S/C105H83Cl2N5O10/c1-18-122-105(121)49-31-33-50(34-32-49)108-69-39-65-72-62(98(114)110(101(65)117)94-53(43(6)7)25-20-26-54(94)44(8)9)36-60-74-84(72)81(69)82-70(108)40-66-78-86(82)88(74)90-75(92(78)104(120)112(102(66)118)96-57(47(14)15)29-22-30-58(96)48(16)17)59-35-61-71-63(99(115)109(97(61)113)93-51(41(2)3)23-19-24-52(93)42(4)5)37-67(106)79-80-68(107)38-64-77-85(80)87(73(59)83(71)79)89(90)76(60)91(77)103(119)111(100(64)116)95-55(45(10)11)27-21-28-56(95)46(12)13/h19-48H,18H2,1-17H3. The van der Waals surface area contributed by atoms with Gasteiger partial charge in [-0.05, 0) is 181 Å². The SMILES string of the molecule is CCOC(=O)c1ccc(-n2c3cc4c(=O)n(-c5c(C(C)C)cccc5C(C)C)c(=O)c5cc6c7c8c(=O)n(-c9c(C(C)C)cccc9C(C)C)c(=O)c9cc(Cl)c%10c%11c(Cl)cc%12c(=O)n(-c%13c(C(C)C)cccc%13C(C)C)c(=O)c%13cc%14c%15c%16c(=O)n(-c%17c(C(C)C)cccc%17C(C)C)c(=O)c%17cc2c2c(c%17%16)c(c6c(c54)c23)c%15c7c(c%14c%11c%12%13)c%10c98)cc1. The van der Waals surface area contributed by atoms with Crippen molar-refractivity contribution in [3.8, 4) is 28.4 Å². The van der Waals surface area contributed by atoms with E-state index >= 15 is 38.4 Å². The van der Waals surface area contributed by atoms with Crippen LogP contribution in [0.1, 0.15) is 220 Å². The van der Waals surface area contributed by atoms with Gasteiger partial charge in [0.05, 0.1) is 78.3 Å². The van der Waals surface area contributed by atoms with Gasteiger partial charge >= 0.3 is 5.97 Å². The number of fused-ring (bicyclic) bond motifs is 5. The van der Waals surface area contributed by atoms with Gasteiger partial charge in [0.15, 0.2) is 0 Å². The van der Waals surface area contributed by atoms with E-state index in [0.717, 1.165) is 44.5 Å². The van der Waals surface area contributed by atoms with Gasteiger partial charge in [-0.1, -0.05) is 207 Å². The minimum atomic E-state index is -0.685. The number of pyridine rings is 4. The molecule has 22 rings (SSSR count). The zero-order valence-corrected chi connectivity index (χ0v) is 72.1. The lowest BCUT2D eigenvalue weighted by Crippen LogP contribution is -2.34. The number of esters is 1. The van der Waals surface area contributed by atoms with Crippen molar-refractivity contribution in [2.24, 2.45) is 0 Å². The Bertz CT molecular complexity index is 8860. The zero-order chi connectivity index (χ0) is 85.4. The second-order valence-corrected chi connectivity index (χ2v) is 37.5. The molecule has 0 radical (unpaired) electrons. The van der Waals surface area contributed by atoms with Crippen LogP contribution in [-0.4, -0.2) is 35.4 Å². The molecule has 0 saturated carbocycles. The summed E-state index contributed by atoms with van der Waals surface area (Å²) in [6.45, 7) is 34.4. The maximum absolute atomic E-state index is 18.2. The molecule has 0 fully saturated rings. The van der Waals surface area contributed by atoms with Gasteiger partial charge in [0.25, 0.3) is 44.5 Å². The normalized spacial score (nSPS) is 13.1. The van der Waals surface area contributed by atoms with Gasteiger partial charge in [-0.2, -0.15) is 0 Å². The highest BCUT2D eigenvalue weighted by molar-refractivity contribution is 6.64. The quantitative estimate of drug-likeness (QED) is 0.0543. The number of rotatable bonds is 15. The van der Waals surface area contributed by atoms with E-state index in [-0.39, 0.29) is 123 Å². The van der Waals surface area contributed by atoms with Crippen molar-refractivity contribution in [1.29, 1.82) is 0 Å². The minimum Gasteiger partial charge on any atom is -0.462 e. The Morgan fingerprint density at radius 3 is 0.811 bits per heavy atom. The summed E-state index contributed by atoms with van der Waals surface area (Å²) in [5, 5.41) is 10.0. The van der Waals surface area contributed by atoms with E-state index in [1.165, 1.54) is 18.3 Å². The smallest absolute Gasteiger partial charge is 0.338 e. The van der Waals surface area contributed by atoms with Crippen molar-refractivity contribution in [1.82, 2.24) is 22.8 Å². The number of ether oxygens (including phenoxy) is 1. The molecule has 5 heterocycles. The number of hydrogen-bond acceptors (Lipinski definition) is 10. The Labute approximate surface area is 706 Å². The number of nitrogens with zero attached hydrogens (tertiary/aromatic N) is 5. The second kappa shape index (κ2) is 25.5. The molecule has 0 N–H and O–H groups in total. The lowest BCUT2D eigenvalue weighted by atomic mass is 9.73. The van der Waals surface area contributed by atoms with Crippen molar-refractivity contribution in [3.63, 3.8) is 0 Å². The third-order valence-corrected chi connectivity index (χ3v) is 28.0. The van der Waals surface area contributed by atoms with E-state index in [1.807, 2.05) is 225 Å². The van der Waals surface area contributed by atoms with Crippen molar-refractivity contribution in [3.05, 3.63) is 276 Å². The minimum absolute atomic E-state index is 0.0748. The summed E-state index contributed by atoms with van der Waals surface area (Å²) in [6, 6.07) is 41.1.